The standard InChI is InChI=1S/C23H27N3O4/c1-16-20(17(2)30-25-16)15-29-19-9-7-18(8-10-19)23(27)24-14-21(22-6-5-13-28-22)26-11-3-4-12-26/h5-10,13,21H,3-4,11-12,14-15H2,1-2H3,(H,24,27)/t21-/m0/s1. The van der Waals surface area contributed by atoms with Crippen molar-refractivity contribution in [3.8, 4) is 5.75 Å². The molecule has 1 amide bonds. The molecular formula is C23H27N3O4. The predicted octanol–water partition coefficient (Wildman–Crippen LogP) is 4.03. The van der Waals surface area contributed by atoms with Crippen LogP contribution in [0.3, 0.4) is 0 Å². The third kappa shape index (κ3) is 4.57. The number of aromatic nitrogens is 1. The molecule has 7 nitrogen and oxygen atoms in total. The Morgan fingerprint density at radius 2 is 1.97 bits per heavy atom. The summed E-state index contributed by atoms with van der Waals surface area (Å²) in [6.45, 7) is 6.70. The van der Waals surface area contributed by atoms with E-state index in [1.807, 2.05) is 26.0 Å². The first-order chi connectivity index (χ1) is 14.6. The third-order valence-electron chi connectivity index (χ3n) is 5.59. The van der Waals surface area contributed by atoms with E-state index in [0.29, 0.717) is 24.5 Å². The first-order valence-corrected chi connectivity index (χ1v) is 10.3. The molecule has 2 aromatic heterocycles. The van der Waals surface area contributed by atoms with Gasteiger partial charge in [0.05, 0.1) is 23.6 Å². The summed E-state index contributed by atoms with van der Waals surface area (Å²) in [4.78, 5) is 15.0. The Balaban J connectivity index is 1.34. The van der Waals surface area contributed by atoms with Crippen LogP contribution in [-0.2, 0) is 6.61 Å². The number of ether oxygens (including phenoxy) is 1. The van der Waals surface area contributed by atoms with Crippen molar-refractivity contribution in [2.24, 2.45) is 0 Å². The fourth-order valence-electron chi connectivity index (χ4n) is 3.80. The van der Waals surface area contributed by atoms with Crippen molar-refractivity contribution >= 4 is 5.91 Å². The van der Waals surface area contributed by atoms with Gasteiger partial charge in [-0.2, -0.15) is 0 Å². The predicted molar refractivity (Wildman–Crippen MR) is 111 cm³/mol. The molecule has 1 fully saturated rings. The highest BCUT2D eigenvalue weighted by Crippen LogP contribution is 2.25. The minimum Gasteiger partial charge on any atom is -0.489 e. The quantitative estimate of drug-likeness (QED) is 0.605. The number of nitrogens with one attached hydrogen (secondary N) is 1. The van der Waals surface area contributed by atoms with E-state index in [9.17, 15) is 4.79 Å². The molecule has 0 spiro atoms. The van der Waals surface area contributed by atoms with Crippen molar-refractivity contribution < 1.29 is 18.5 Å². The Morgan fingerprint density at radius 1 is 1.20 bits per heavy atom. The Bertz CT molecular complexity index is 938. The average molecular weight is 409 g/mol. The number of carbonyl (C=O) groups excluding carboxylic acids is 1. The van der Waals surface area contributed by atoms with Crippen molar-refractivity contribution in [1.82, 2.24) is 15.4 Å². The van der Waals surface area contributed by atoms with E-state index >= 15 is 0 Å². The lowest BCUT2D eigenvalue weighted by atomic mass is 10.1. The highest BCUT2D eigenvalue weighted by atomic mass is 16.5. The van der Waals surface area contributed by atoms with Crippen LogP contribution in [0.5, 0.6) is 5.75 Å². The Kier molecular flexibility index (Phi) is 6.18. The van der Waals surface area contributed by atoms with Crippen LogP contribution in [0.4, 0.5) is 0 Å². The van der Waals surface area contributed by atoms with Crippen molar-refractivity contribution in [2.75, 3.05) is 19.6 Å². The van der Waals surface area contributed by atoms with Crippen LogP contribution in [0.25, 0.3) is 0 Å². The fraction of sp³-hybridized carbons (Fsp3) is 0.391. The largest absolute Gasteiger partial charge is 0.489 e. The molecule has 158 valence electrons. The van der Waals surface area contributed by atoms with Gasteiger partial charge in [-0.05, 0) is 76.2 Å². The first-order valence-electron chi connectivity index (χ1n) is 10.3. The van der Waals surface area contributed by atoms with E-state index < -0.39 is 0 Å². The van der Waals surface area contributed by atoms with Gasteiger partial charge in [-0.3, -0.25) is 9.69 Å². The number of hydrogen-bond acceptors (Lipinski definition) is 6. The van der Waals surface area contributed by atoms with Gasteiger partial charge in [0, 0.05) is 12.1 Å². The molecule has 3 aromatic rings. The highest BCUT2D eigenvalue weighted by Gasteiger charge is 2.26. The number of furan rings is 1. The van der Waals surface area contributed by atoms with E-state index in [4.69, 9.17) is 13.7 Å². The maximum absolute atomic E-state index is 12.7. The Labute approximate surface area is 176 Å². The summed E-state index contributed by atoms with van der Waals surface area (Å²) in [6, 6.07) is 11.1. The minimum atomic E-state index is -0.108. The van der Waals surface area contributed by atoms with E-state index in [2.05, 4.69) is 15.4 Å². The molecule has 30 heavy (non-hydrogen) atoms. The highest BCUT2D eigenvalue weighted by molar-refractivity contribution is 5.94. The summed E-state index contributed by atoms with van der Waals surface area (Å²) in [7, 11) is 0. The van der Waals surface area contributed by atoms with Gasteiger partial charge in [0.25, 0.3) is 5.91 Å². The number of likely N-dealkylation sites (tertiary alicyclic amines) is 1. The van der Waals surface area contributed by atoms with Crippen molar-refractivity contribution in [1.29, 1.82) is 0 Å². The molecule has 1 atom stereocenters. The minimum absolute atomic E-state index is 0.0594. The zero-order valence-electron chi connectivity index (χ0n) is 17.4. The third-order valence-corrected chi connectivity index (χ3v) is 5.59. The smallest absolute Gasteiger partial charge is 0.251 e. The van der Waals surface area contributed by atoms with Crippen LogP contribution in [0.1, 0.15) is 52.0 Å². The summed E-state index contributed by atoms with van der Waals surface area (Å²) in [5, 5.41) is 6.98. The molecule has 4 rings (SSSR count). The molecule has 1 aliphatic heterocycles. The van der Waals surface area contributed by atoms with Gasteiger partial charge in [0.1, 0.15) is 23.9 Å². The second-order valence-electron chi connectivity index (χ2n) is 7.60. The van der Waals surface area contributed by atoms with Gasteiger partial charge in [-0.25, -0.2) is 0 Å². The van der Waals surface area contributed by atoms with E-state index in [1.54, 1.807) is 30.5 Å². The average Bonchev–Trinajstić information content (AvgIpc) is 3.52. The van der Waals surface area contributed by atoms with Crippen molar-refractivity contribution in [2.45, 2.75) is 39.3 Å². The molecule has 1 aliphatic rings. The van der Waals surface area contributed by atoms with Gasteiger partial charge in [0.15, 0.2) is 0 Å². The number of amides is 1. The Hall–Kier alpha value is -3.06. The number of aryl methyl sites for hydroxylation is 2. The SMILES string of the molecule is Cc1noc(C)c1COc1ccc(C(=O)NC[C@@H](c2ccco2)N2CCCC2)cc1. The molecule has 0 bridgehead atoms. The van der Waals surface area contributed by atoms with Crippen LogP contribution >= 0.6 is 0 Å². The summed E-state index contributed by atoms with van der Waals surface area (Å²) in [6.07, 6.45) is 4.04. The van der Waals surface area contributed by atoms with Gasteiger partial charge < -0.3 is 19.0 Å². The van der Waals surface area contributed by atoms with Gasteiger partial charge in [-0.15, -0.1) is 0 Å². The molecule has 0 aliphatic carbocycles. The molecule has 0 unspecified atom stereocenters. The normalized spacial score (nSPS) is 15.3. The lowest BCUT2D eigenvalue weighted by Crippen LogP contribution is -2.36. The number of carbonyl (C=O) groups is 1. The monoisotopic (exact) mass is 409 g/mol. The molecule has 0 saturated carbocycles. The van der Waals surface area contributed by atoms with Crippen LogP contribution < -0.4 is 10.1 Å². The summed E-state index contributed by atoms with van der Waals surface area (Å²) >= 11 is 0. The first kappa shape index (κ1) is 20.2. The number of rotatable bonds is 8. The molecule has 1 aromatic carbocycles. The summed E-state index contributed by atoms with van der Waals surface area (Å²) in [5.74, 6) is 2.23. The maximum Gasteiger partial charge on any atom is 0.251 e. The van der Waals surface area contributed by atoms with E-state index in [-0.39, 0.29) is 11.9 Å². The van der Waals surface area contributed by atoms with Crippen LogP contribution in [-0.4, -0.2) is 35.6 Å². The van der Waals surface area contributed by atoms with Crippen LogP contribution in [0.15, 0.2) is 51.6 Å². The second-order valence-corrected chi connectivity index (χ2v) is 7.60. The number of benzene rings is 1. The maximum atomic E-state index is 12.7. The molecular weight excluding hydrogens is 382 g/mol. The van der Waals surface area contributed by atoms with E-state index in [1.165, 1.54) is 12.8 Å². The van der Waals surface area contributed by atoms with Crippen molar-refractivity contribution in [3.63, 3.8) is 0 Å². The topological polar surface area (TPSA) is 80.7 Å². The molecule has 3 heterocycles. The van der Waals surface area contributed by atoms with E-state index in [0.717, 1.165) is 35.9 Å². The molecule has 1 N–H and O–H groups in total. The van der Waals surface area contributed by atoms with Crippen LogP contribution in [0, 0.1) is 13.8 Å². The summed E-state index contributed by atoms with van der Waals surface area (Å²) in [5.41, 5.74) is 2.37. The molecule has 1 saturated heterocycles. The fourth-order valence-corrected chi connectivity index (χ4v) is 3.80. The van der Waals surface area contributed by atoms with Gasteiger partial charge >= 0.3 is 0 Å². The lowest BCUT2D eigenvalue weighted by molar-refractivity contribution is 0.0933. The number of hydrogen-bond donors (Lipinski definition) is 1. The zero-order valence-corrected chi connectivity index (χ0v) is 17.4. The zero-order chi connectivity index (χ0) is 20.9. The lowest BCUT2D eigenvalue weighted by Gasteiger charge is -2.26. The summed E-state index contributed by atoms with van der Waals surface area (Å²) < 4.78 is 16.6. The second kappa shape index (κ2) is 9.17. The van der Waals surface area contributed by atoms with Crippen molar-refractivity contribution in [3.05, 3.63) is 71.0 Å². The number of nitrogens with zero attached hydrogens (tertiary/aromatic N) is 2. The molecule has 7 heteroatoms. The Morgan fingerprint density at radius 3 is 2.60 bits per heavy atom. The van der Waals surface area contributed by atoms with Crippen LogP contribution in [0.2, 0.25) is 0 Å². The van der Waals surface area contributed by atoms with Gasteiger partial charge in [-0.1, -0.05) is 5.16 Å². The molecule has 0 radical (unpaired) electrons. The van der Waals surface area contributed by atoms with Gasteiger partial charge in [0.2, 0.25) is 0 Å².